The lowest BCUT2D eigenvalue weighted by atomic mass is 10.0. The molecular weight excluding hydrogens is 332 g/mol. The first-order valence-electron chi connectivity index (χ1n) is 7.43. The fourth-order valence-electron chi connectivity index (χ4n) is 2.71. The van der Waals surface area contributed by atoms with Crippen LogP contribution in [0.4, 0.5) is 0 Å². The minimum Gasteiger partial charge on any atom is -0.345 e. The van der Waals surface area contributed by atoms with Gasteiger partial charge in [0.15, 0.2) is 4.96 Å². The van der Waals surface area contributed by atoms with Crippen LogP contribution in [0.25, 0.3) is 4.96 Å². The maximum absolute atomic E-state index is 12.3. The van der Waals surface area contributed by atoms with Crippen LogP contribution < -0.4 is 10.9 Å². The van der Waals surface area contributed by atoms with Crippen molar-refractivity contribution in [1.29, 1.82) is 0 Å². The minimum atomic E-state index is -0.406. The van der Waals surface area contributed by atoms with Crippen molar-refractivity contribution < 1.29 is 4.79 Å². The molecule has 0 atom stereocenters. The molecule has 3 aromatic heterocycles. The van der Waals surface area contributed by atoms with Crippen molar-refractivity contribution in [3.8, 4) is 0 Å². The molecule has 0 unspecified atom stereocenters. The maximum Gasteiger partial charge on any atom is 0.271 e. The van der Waals surface area contributed by atoms with E-state index >= 15 is 0 Å². The van der Waals surface area contributed by atoms with Crippen LogP contribution in [0.3, 0.4) is 0 Å². The number of hydrogen-bond donors (Lipinski definition) is 1. The molecule has 1 N–H and O–H groups in total. The quantitative estimate of drug-likeness (QED) is 0.787. The lowest BCUT2D eigenvalue weighted by molar-refractivity contribution is 0.0949. The van der Waals surface area contributed by atoms with E-state index < -0.39 is 5.91 Å². The van der Waals surface area contributed by atoms with Crippen LogP contribution in [-0.4, -0.2) is 20.3 Å². The van der Waals surface area contributed by atoms with Gasteiger partial charge in [0.05, 0.1) is 12.2 Å². The molecule has 118 valence electrons. The first kappa shape index (κ1) is 14.5. The molecule has 0 saturated heterocycles. The van der Waals surface area contributed by atoms with Gasteiger partial charge >= 0.3 is 0 Å². The van der Waals surface area contributed by atoms with E-state index in [0.717, 1.165) is 17.8 Å². The zero-order chi connectivity index (χ0) is 15.8. The van der Waals surface area contributed by atoms with Gasteiger partial charge in [-0.05, 0) is 25.7 Å². The van der Waals surface area contributed by atoms with Crippen molar-refractivity contribution in [3.05, 3.63) is 49.3 Å². The van der Waals surface area contributed by atoms with Crippen LogP contribution in [0.5, 0.6) is 0 Å². The predicted molar refractivity (Wildman–Crippen MR) is 89.3 cm³/mol. The summed E-state index contributed by atoms with van der Waals surface area (Å²) in [6.45, 7) is 0.349. The molecule has 0 spiro atoms. The zero-order valence-electron chi connectivity index (χ0n) is 12.2. The first-order chi connectivity index (χ1) is 11.2. The van der Waals surface area contributed by atoms with Gasteiger partial charge in [0, 0.05) is 22.7 Å². The van der Waals surface area contributed by atoms with Gasteiger partial charge < -0.3 is 5.32 Å². The van der Waals surface area contributed by atoms with Gasteiger partial charge in [0.2, 0.25) is 0 Å². The lowest BCUT2D eigenvalue weighted by Gasteiger charge is -2.06. The molecular formula is C15H14N4O2S2. The van der Waals surface area contributed by atoms with E-state index in [0.29, 0.717) is 11.5 Å². The number of rotatable bonds is 3. The number of carbonyl (C=O) groups is 1. The van der Waals surface area contributed by atoms with Crippen LogP contribution in [0.2, 0.25) is 0 Å². The summed E-state index contributed by atoms with van der Waals surface area (Å²) in [7, 11) is 0. The molecule has 0 fully saturated rings. The Labute approximate surface area is 139 Å². The fraction of sp³-hybridized carbons (Fsp3) is 0.333. The van der Waals surface area contributed by atoms with Gasteiger partial charge in [-0.15, -0.1) is 22.7 Å². The number of hydrogen-bond acceptors (Lipinski definition) is 6. The molecule has 3 heterocycles. The van der Waals surface area contributed by atoms with E-state index in [2.05, 4.69) is 15.3 Å². The molecule has 0 radical (unpaired) electrons. The van der Waals surface area contributed by atoms with Crippen LogP contribution >= 0.6 is 22.7 Å². The zero-order valence-corrected chi connectivity index (χ0v) is 13.9. The summed E-state index contributed by atoms with van der Waals surface area (Å²) < 4.78 is 1.39. The number of amides is 1. The summed E-state index contributed by atoms with van der Waals surface area (Å²) in [5.74, 6) is -0.406. The highest BCUT2D eigenvalue weighted by atomic mass is 32.1. The SMILES string of the molecule is O=C(NCc1nc2c(s1)CCCC2)c1cnc2sccn2c1=O. The largest absolute Gasteiger partial charge is 0.345 e. The lowest BCUT2D eigenvalue weighted by Crippen LogP contribution is -2.30. The second kappa shape index (κ2) is 5.86. The number of aromatic nitrogens is 3. The van der Waals surface area contributed by atoms with E-state index in [1.807, 2.05) is 0 Å². The Hall–Kier alpha value is -2.06. The summed E-state index contributed by atoms with van der Waals surface area (Å²) in [5, 5.41) is 5.45. The molecule has 8 heteroatoms. The van der Waals surface area contributed by atoms with E-state index in [-0.39, 0.29) is 11.1 Å². The molecule has 0 saturated carbocycles. The van der Waals surface area contributed by atoms with Crippen molar-refractivity contribution in [2.45, 2.75) is 32.2 Å². The van der Waals surface area contributed by atoms with Crippen LogP contribution in [0, 0.1) is 0 Å². The molecule has 1 amide bonds. The Kier molecular flexibility index (Phi) is 3.70. The van der Waals surface area contributed by atoms with Crippen LogP contribution in [0.1, 0.15) is 38.8 Å². The van der Waals surface area contributed by atoms with E-state index in [9.17, 15) is 9.59 Å². The van der Waals surface area contributed by atoms with E-state index in [1.54, 1.807) is 22.9 Å². The van der Waals surface area contributed by atoms with Crippen molar-refractivity contribution in [1.82, 2.24) is 19.7 Å². The molecule has 3 aromatic rings. The van der Waals surface area contributed by atoms with E-state index in [4.69, 9.17) is 0 Å². The Morgan fingerprint density at radius 3 is 3.09 bits per heavy atom. The van der Waals surface area contributed by atoms with Gasteiger partial charge in [-0.3, -0.25) is 14.0 Å². The molecule has 1 aliphatic carbocycles. The predicted octanol–water partition coefficient (Wildman–Crippen LogP) is 2.02. The first-order valence-corrected chi connectivity index (χ1v) is 9.12. The second-order valence-corrected chi connectivity index (χ2v) is 7.44. The number of nitrogens with one attached hydrogen (secondary N) is 1. The summed E-state index contributed by atoms with van der Waals surface area (Å²) in [6, 6.07) is 0. The smallest absolute Gasteiger partial charge is 0.271 e. The number of thiazole rings is 2. The summed E-state index contributed by atoms with van der Waals surface area (Å²) in [4.78, 5) is 35.2. The summed E-state index contributed by atoms with van der Waals surface area (Å²) >= 11 is 3.02. The van der Waals surface area contributed by atoms with Gasteiger partial charge in [-0.25, -0.2) is 9.97 Å². The van der Waals surface area contributed by atoms with Crippen LogP contribution in [-0.2, 0) is 19.4 Å². The molecule has 4 rings (SSSR count). The third-order valence-electron chi connectivity index (χ3n) is 3.88. The monoisotopic (exact) mass is 346 g/mol. The minimum absolute atomic E-state index is 0.0576. The molecule has 23 heavy (non-hydrogen) atoms. The average Bonchev–Trinajstić information content (AvgIpc) is 3.19. The van der Waals surface area contributed by atoms with Gasteiger partial charge in [0.25, 0.3) is 11.5 Å². The molecule has 0 aromatic carbocycles. The highest BCUT2D eigenvalue weighted by Gasteiger charge is 2.17. The highest BCUT2D eigenvalue weighted by molar-refractivity contribution is 7.15. The second-order valence-electron chi connectivity index (χ2n) is 5.40. The molecule has 1 aliphatic rings. The van der Waals surface area contributed by atoms with Gasteiger partial charge in [0.1, 0.15) is 10.6 Å². The number of carbonyl (C=O) groups excluding carboxylic acids is 1. The Morgan fingerprint density at radius 2 is 2.22 bits per heavy atom. The number of fused-ring (bicyclic) bond motifs is 2. The van der Waals surface area contributed by atoms with Crippen LogP contribution in [0.15, 0.2) is 22.6 Å². The normalized spacial score (nSPS) is 13.9. The van der Waals surface area contributed by atoms with Crippen molar-refractivity contribution in [2.75, 3.05) is 0 Å². The highest BCUT2D eigenvalue weighted by Crippen LogP contribution is 2.26. The van der Waals surface area contributed by atoms with Crippen molar-refractivity contribution >= 4 is 33.5 Å². The number of aryl methyl sites for hydroxylation is 2. The molecule has 0 bridgehead atoms. The Bertz CT molecular complexity index is 917. The Morgan fingerprint density at radius 1 is 1.35 bits per heavy atom. The van der Waals surface area contributed by atoms with Crippen molar-refractivity contribution in [3.63, 3.8) is 0 Å². The maximum atomic E-state index is 12.3. The molecule has 6 nitrogen and oxygen atoms in total. The average molecular weight is 346 g/mol. The number of nitrogens with zero attached hydrogens (tertiary/aromatic N) is 3. The third kappa shape index (κ3) is 2.68. The Balaban J connectivity index is 1.52. The summed E-state index contributed by atoms with van der Waals surface area (Å²) in [5.41, 5.74) is 0.890. The standard InChI is InChI=1S/C15H14N4O2S2/c20-13(9-7-17-15-19(14(9)21)5-6-22-15)16-8-12-18-10-3-1-2-4-11(10)23-12/h5-7H,1-4,8H2,(H,16,20). The fourth-order valence-corrected chi connectivity index (χ4v) is 4.48. The topological polar surface area (TPSA) is 76.4 Å². The van der Waals surface area contributed by atoms with Crippen molar-refractivity contribution in [2.24, 2.45) is 0 Å². The van der Waals surface area contributed by atoms with Gasteiger partial charge in [-0.1, -0.05) is 0 Å². The summed E-state index contributed by atoms with van der Waals surface area (Å²) in [6.07, 6.45) is 7.48. The molecule has 0 aliphatic heterocycles. The van der Waals surface area contributed by atoms with E-state index in [1.165, 1.54) is 45.3 Å². The third-order valence-corrected chi connectivity index (χ3v) is 5.81. The van der Waals surface area contributed by atoms with Gasteiger partial charge in [-0.2, -0.15) is 0 Å².